The molecule has 2 aliphatic carbocycles. The number of hydrogen-bond donors (Lipinski definition) is 0. The Morgan fingerprint density at radius 3 is 1.08 bits per heavy atom. The van der Waals surface area contributed by atoms with Gasteiger partial charge in [0.25, 0.3) is 0 Å². The van der Waals surface area contributed by atoms with Gasteiger partial charge < -0.3 is 4.90 Å². The van der Waals surface area contributed by atoms with Gasteiger partial charge in [-0.1, -0.05) is 243 Å². The van der Waals surface area contributed by atoms with Gasteiger partial charge in [-0.3, -0.25) is 0 Å². The summed E-state index contributed by atoms with van der Waals surface area (Å²) in [6.45, 7) is 0. The van der Waals surface area contributed by atoms with Gasteiger partial charge in [0.1, 0.15) is 0 Å². The number of nitrogens with zero attached hydrogens (tertiary/aromatic N) is 1. The zero-order valence-corrected chi connectivity index (χ0v) is 39.1. The van der Waals surface area contributed by atoms with Crippen molar-refractivity contribution in [2.45, 2.75) is 10.8 Å². The number of benzene rings is 12. The average molecular weight is 902 g/mol. The minimum absolute atomic E-state index is 0.546. The van der Waals surface area contributed by atoms with Crippen molar-refractivity contribution in [3.05, 3.63) is 330 Å². The van der Waals surface area contributed by atoms with E-state index in [9.17, 15) is 0 Å². The molecule has 0 atom stereocenters. The van der Waals surface area contributed by atoms with Gasteiger partial charge >= 0.3 is 0 Å². The van der Waals surface area contributed by atoms with E-state index in [1.165, 1.54) is 99.4 Å². The highest BCUT2D eigenvalue weighted by Crippen LogP contribution is 2.59. The number of hydrogen-bond acceptors (Lipinski definition) is 1. The molecule has 0 aliphatic heterocycles. The van der Waals surface area contributed by atoms with E-state index in [0.717, 1.165) is 17.1 Å². The molecule has 0 spiro atoms. The van der Waals surface area contributed by atoms with Crippen molar-refractivity contribution in [1.29, 1.82) is 0 Å². The summed E-state index contributed by atoms with van der Waals surface area (Å²) in [5.41, 5.74) is 19.8. The van der Waals surface area contributed by atoms with E-state index in [-0.39, 0.29) is 0 Å². The van der Waals surface area contributed by atoms with Crippen LogP contribution in [0.25, 0.3) is 54.9 Å². The minimum Gasteiger partial charge on any atom is -0.310 e. The largest absolute Gasteiger partial charge is 0.310 e. The minimum atomic E-state index is -0.546. The molecule has 0 saturated heterocycles. The Morgan fingerprint density at radius 2 is 0.592 bits per heavy atom. The van der Waals surface area contributed by atoms with Gasteiger partial charge in [-0.2, -0.15) is 0 Å². The highest BCUT2D eigenvalue weighted by atomic mass is 15.1. The van der Waals surface area contributed by atoms with Crippen LogP contribution in [0, 0.1) is 0 Å². The van der Waals surface area contributed by atoms with Gasteiger partial charge in [0.05, 0.1) is 10.8 Å². The van der Waals surface area contributed by atoms with Crippen molar-refractivity contribution >= 4 is 38.6 Å². The van der Waals surface area contributed by atoms with Crippen LogP contribution in [-0.4, -0.2) is 0 Å². The third kappa shape index (κ3) is 6.13. The first-order valence-electron chi connectivity index (χ1n) is 24.7. The molecule has 0 saturated carbocycles. The molecule has 0 aromatic heterocycles. The molecule has 12 aromatic carbocycles. The Hall–Kier alpha value is -9.04. The highest BCUT2D eigenvalue weighted by Gasteiger charge is 2.48. The zero-order valence-electron chi connectivity index (χ0n) is 39.1. The van der Waals surface area contributed by atoms with Gasteiger partial charge in [-0.25, -0.2) is 0 Å². The summed E-state index contributed by atoms with van der Waals surface area (Å²) >= 11 is 0. The quantitative estimate of drug-likeness (QED) is 0.137. The summed E-state index contributed by atoms with van der Waals surface area (Å²) in [5, 5.41) is 5.04. The predicted molar refractivity (Wildman–Crippen MR) is 296 cm³/mol. The molecule has 0 N–H and O–H groups in total. The topological polar surface area (TPSA) is 3.24 Å². The normalized spacial score (nSPS) is 13.6. The third-order valence-corrected chi connectivity index (χ3v) is 15.6. The van der Waals surface area contributed by atoms with Crippen molar-refractivity contribution in [2.75, 3.05) is 4.90 Å². The van der Waals surface area contributed by atoms with Crippen molar-refractivity contribution in [1.82, 2.24) is 0 Å². The number of anilines is 3. The second-order valence-corrected chi connectivity index (χ2v) is 19.1. The molecule has 14 rings (SSSR count). The Bertz CT molecular complexity index is 3710. The second-order valence-electron chi connectivity index (χ2n) is 19.1. The molecule has 0 bridgehead atoms. The van der Waals surface area contributed by atoms with Gasteiger partial charge in [0.2, 0.25) is 0 Å². The maximum atomic E-state index is 2.49. The first-order chi connectivity index (χ1) is 35.2. The van der Waals surface area contributed by atoms with Gasteiger partial charge in [0, 0.05) is 17.1 Å². The summed E-state index contributed by atoms with van der Waals surface area (Å²) in [6.07, 6.45) is 0. The fraction of sp³-hybridized carbons (Fsp3) is 0.0286. The maximum absolute atomic E-state index is 2.49. The Balaban J connectivity index is 1.01. The summed E-state index contributed by atoms with van der Waals surface area (Å²) in [7, 11) is 0. The van der Waals surface area contributed by atoms with E-state index in [1.807, 2.05) is 0 Å². The molecule has 71 heavy (non-hydrogen) atoms. The fourth-order valence-corrected chi connectivity index (χ4v) is 12.6. The van der Waals surface area contributed by atoms with Crippen molar-refractivity contribution in [3.63, 3.8) is 0 Å². The molecule has 0 heterocycles. The lowest BCUT2D eigenvalue weighted by Crippen LogP contribution is -2.29. The zero-order chi connectivity index (χ0) is 46.9. The monoisotopic (exact) mass is 901 g/mol. The van der Waals surface area contributed by atoms with Crippen molar-refractivity contribution in [3.8, 4) is 33.4 Å². The molecule has 0 radical (unpaired) electrons. The van der Waals surface area contributed by atoms with Crippen LogP contribution in [0.4, 0.5) is 17.1 Å². The molecule has 2 aliphatic rings. The molecule has 12 aromatic rings. The average Bonchev–Trinajstić information content (AvgIpc) is 3.92. The van der Waals surface area contributed by atoms with Gasteiger partial charge in [-0.05, 0) is 142 Å². The van der Waals surface area contributed by atoms with Gasteiger partial charge in [-0.15, -0.1) is 0 Å². The lowest BCUT2D eigenvalue weighted by Gasteiger charge is -2.36. The molecule has 0 fully saturated rings. The fourth-order valence-electron chi connectivity index (χ4n) is 12.6. The van der Waals surface area contributed by atoms with Crippen LogP contribution in [-0.2, 0) is 10.8 Å². The maximum Gasteiger partial charge on any atom is 0.0714 e. The Morgan fingerprint density at radius 1 is 0.225 bits per heavy atom. The van der Waals surface area contributed by atoms with Crippen LogP contribution in [0.3, 0.4) is 0 Å². The van der Waals surface area contributed by atoms with Crippen LogP contribution in [0.2, 0.25) is 0 Å². The third-order valence-electron chi connectivity index (χ3n) is 15.6. The first-order valence-corrected chi connectivity index (χ1v) is 24.7. The highest BCUT2D eigenvalue weighted by molar-refractivity contribution is 6.08. The molecule has 0 amide bonds. The molecule has 1 nitrogen and oxygen atoms in total. The van der Waals surface area contributed by atoms with Crippen molar-refractivity contribution in [2.24, 2.45) is 0 Å². The van der Waals surface area contributed by atoms with Crippen LogP contribution >= 0.6 is 0 Å². The molecular formula is C70H47N. The first kappa shape index (κ1) is 41.0. The van der Waals surface area contributed by atoms with Crippen LogP contribution < -0.4 is 4.90 Å². The second kappa shape index (κ2) is 16.3. The standard InChI is InChI=1S/C70H47N/c1-5-20-52(21-6-1)69(53-22-7-2-8-23-53)65-31-17-15-29-60(65)62-43-41-57(46-67(62)69)71(56-39-37-48(38-40-56)51-36-35-50-34-33-49-19-13-14-28-59(49)64(50)45-51)58-42-44-63-61-30-16-18-32-66(61)70(68(63)47-58,54-24-9-3-10-25-54)55-26-11-4-12-27-55/h1-47H. The van der Waals surface area contributed by atoms with Gasteiger partial charge in [0.15, 0.2) is 0 Å². The summed E-state index contributed by atoms with van der Waals surface area (Å²) in [5.74, 6) is 0. The Labute approximate surface area is 415 Å². The van der Waals surface area contributed by atoms with E-state index in [0.29, 0.717) is 0 Å². The van der Waals surface area contributed by atoms with Crippen LogP contribution in [0.1, 0.15) is 44.5 Å². The van der Waals surface area contributed by atoms with Crippen LogP contribution in [0.5, 0.6) is 0 Å². The summed E-state index contributed by atoms with van der Waals surface area (Å²) in [4.78, 5) is 2.49. The van der Waals surface area contributed by atoms with E-state index >= 15 is 0 Å². The van der Waals surface area contributed by atoms with E-state index in [1.54, 1.807) is 0 Å². The smallest absolute Gasteiger partial charge is 0.0714 e. The Kier molecular flexibility index (Phi) is 9.41. The SMILES string of the molecule is c1ccc(C2(c3ccccc3)c3ccccc3-c3ccc(N(c4ccc(-c5ccc6ccc7ccccc7c6c5)cc4)c4ccc5c(c4)C(c4ccccc4)(c4ccccc4)c4ccccc4-5)cc32)cc1. The predicted octanol–water partition coefficient (Wildman–Crippen LogP) is 17.9. The van der Waals surface area contributed by atoms with E-state index in [4.69, 9.17) is 0 Å². The number of fused-ring (bicyclic) bond motifs is 9. The van der Waals surface area contributed by atoms with Crippen molar-refractivity contribution < 1.29 is 0 Å². The molecule has 1 heteroatoms. The molecule has 332 valence electrons. The summed E-state index contributed by atoms with van der Waals surface area (Å²) in [6, 6.07) is 106. The summed E-state index contributed by atoms with van der Waals surface area (Å²) < 4.78 is 0. The molecular weight excluding hydrogens is 855 g/mol. The van der Waals surface area contributed by atoms with E-state index < -0.39 is 10.8 Å². The lowest BCUT2D eigenvalue weighted by atomic mass is 9.67. The lowest BCUT2D eigenvalue weighted by molar-refractivity contribution is 0.767. The van der Waals surface area contributed by atoms with Crippen LogP contribution in [0.15, 0.2) is 285 Å². The molecule has 0 unspecified atom stereocenters. The number of rotatable bonds is 8. The van der Waals surface area contributed by atoms with E-state index in [2.05, 4.69) is 290 Å².